The fraction of sp³-hybridized carbons (Fsp3) is 0.400. The van der Waals surface area contributed by atoms with Crippen LogP contribution in [0.5, 0.6) is 0 Å². The van der Waals surface area contributed by atoms with Gasteiger partial charge in [-0.1, -0.05) is 6.07 Å². The Morgan fingerprint density at radius 3 is 2.73 bits per heavy atom. The molecule has 0 aliphatic carbocycles. The molecule has 0 radical (unpaired) electrons. The van der Waals surface area contributed by atoms with Crippen molar-refractivity contribution < 1.29 is 4.79 Å². The molecule has 3 heterocycles. The van der Waals surface area contributed by atoms with Crippen LogP contribution in [0.4, 0.5) is 9.93 Å². The smallest absolute Gasteiger partial charge is 0.317 e. The van der Waals surface area contributed by atoms with Crippen molar-refractivity contribution >= 4 is 22.5 Å². The maximum atomic E-state index is 12.2. The molecule has 7 heteroatoms. The van der Waals surface area contributed by atoms with Crippen LogP contribution in [-0.2, 0) is 6.54 Å². The number of carbonyl (C=O) groups excluding carboxylic acids is 1. The summed E-state index contributed by atoms with van der Waals surface area (Å²) in [5.41, 5.74) is 1.99. The van der Waals surface area contributed by atoms with E-state index >= 15 is 0 Å². The van der Waals surface area contributed by atoms with Crippen molar-refractivity contribution in [2.45, 2.75) is 13.5 Å². The van der Waals surface area contributed by atoms with Crippen LogP contribution in [0.15, 0.2) is 29.9 Å². The zero-order valence-electron chi connectivity index (χ0n) is 12.5. The van der Waals surface area contributed by atoms with Crippen LogP contribution in [0.25, 0.3) is 0 Å². The van der Waals surface area contributed by atoms with Crippen LogP contribution in [0.3, 0.4) is 0 Å². The van der Waals surface area contributed by atoms with Gasteiger partial charge in [0, 0.05) is 56.2 Å². The van der Waals surface area contributed by atoms with Crippen LogP contribution >= 0.6 is 11.3 Å². The summed E-state index contributed by atoms with van der Waals surface area (Å²) in [6, 6.07) is 3.93. The number of amides is 2. The molecule has 1 saturated heterocycles. The van der Waals surface area contributed by atoms with E-state index < -0.39 is 0 Å². The first-order valence-electron chi connectivity index (χ1n) is 7.31. The zero-order valence-corrected chi connectivity index (χ0v) is 13.3. The second-order valence-corrected chi connectivity index (χ2v) is 6.13. The third-order valence-electron chi connectivity index (χ3n) is 3.67. The van der Waals surface area contributed by atoms with E-state index in [4.69, 9.17) is 0 Å². The third kappa shape index (κ3) is 3.54. The molecule has 1 N–H and O–H groups in total. The molecule has 0 spiro atoms. The van der Waals surface area contributed by atoms with Crippen molar-refractivity contribution in [1.82, 2.24) is 20.2 Å². The number of piperazine rings is 1. The van der Waals surface area contributed by atoms with E-state index in [1.807, 2.05) is 35.5 Å². The minimum absolute atomic E-state index is 0.0145. The first-order chi connectivity index (χ1) is 10.7. The highest BCUT2D eigenvalue weighted by Gasteiger charge is 2.22. The van der Waals surface area contributed by atoms with E-state index in [9.17, 15) is 4.79 Å². The van der Waals surface area contributed by atoms with Crippen LogP contribution < -0.4 is 10.2 Å². The summed E-state index contributed by atoms with van der Waals surface area (Å²) in [5.74, 6) is 0. The molecule has 0 saturated carbocycles. The Balaban J connectivity index is 1.46. The number of hydrogen-bond acceptors (Lipinski definition) is 5. The van der Waals surface area contributed by atoms with Crippen molar-refractivity contribution in [3.63, 3.8) is 0 Å². The quantitative estimate of drug-likeness (QED) is 0.939. The molecular formula is C15H19N5OS. The highest BCUT2D eigenvalue weighted by atomic mass is 32.1. The highest BCUT2D eigenvalue weighted by molar-refractivity contribution is 7.13. The number of rotatable bonds is 3. The number of carbonyl (C=O) groups is 1. The van der Waals surface area contributed by atoms with Crippen molar-refractivity contribution in [1.29, 1.82) is 0 Å². The normalized spacial score (nSPS) is 15.0. The van der Waals surface area contributed by atoms with Gasteiger partial charge in [-0.3, -0.25) is 4.98 Å². The lowest BCUT2D eigenvalue weighted by molar-refractivity contribution is 0.194. The second-order valence-electron chi connectivity index (χ2n) is 5.26. The predicted molar refractivity (Wildman–Crippen MR) is 87.1 cm³/mol. The maximum Gasteiger partial charge on any atom is 0.317 e. The van der Waals surface area contributed by atoms with Gasteiger partial charge in [0.1, 0.15) is 0 Å². The summed E-state index contributed by atoms with van der Waals surface area (Å²) in [7, 11) is 0. The minimum Gasteiger partial charge on any atom is -0.345 e. The van der Waals surface area contributed by atoms with Gasteiger partial charge in [-0.15, -0.1) is 11.3 Å². The van der Waals surface area contributed by atoms with Crippen LogP contribution in [0, 0.1) is 6.92 Å². The van der Waals surface area contributed by atoms with E-state index in [2.05, 4.69) is 20.2 Å². The number of nitrogens with zero attached hydrogens (tertiary/aromatic N) is 4. The fourth-order valence-electron chi connectivity index (χ4n) is 2.37. The number of urea groups is 1. The summed E-state index contributed by atoms with van der Waals surface area (Å²) in [4.78, 5) is 24.8. The Hall–Kier alpha value is -2.15. The van der Waals surface area contributed by atoms with Gasteiger partial charge >= 0.3 is 6.03 Å². The average molecular weight is 317 g/mol. The molecule has 2 amide bonds. The van der Waals surface area contributed by atoms with Crippen molar-refractivity contribution in [2.75, 3.05) is 31.1 Å². The molecule has 0 atom stereocenters. The Kier molecular flexibility index (Phi) is 4.53. The SMILES string of the molecule is Cc1ccc(CNC(=O)N2CCN(c3nccs3)CC2)cn1. The lowest BCUT2D eigenvalue weighted by atomic mass is 10.2. The van der Waals surface area contributed by atoms with E-state index in [1.165, 1.54) is 0 Å². The molecule has 2 aromatic rings. The topological polar surface area (TPSA) is 61.4 Å². The molecule has 1 aliphatic rings. The Morgan fingerprint density at radius 2 is 2.09 bits per heavy atom. The first kappa shape index (κ1) is 14.8. The average Bonchev–Trinajstić information content (AvgIpc) is 3.09. The standard InChI is InChI=1S/C15H19N5OS/c1-12-2-3-13(10-17-12)11-18-14(21)19-5-7-20(8-6-19)15-16-4-9-22-15/h2-4,9-10H,5-8,11H2,1H3,(H,18,21). The molecule has 1 aliphatic heterocycles. The molecule has 2 aromatic heterocycles. The molecule has 6 nitrogen and oxygen atoms in total. The van der Waals surface area contributed by atoms with E-state index in [0.29, 0.717) is 6.54 Å². The summed E-state index contributed by atoms with van der Waals surface area (Å²) in [6.45, 7) is 5.55. The highest BCUT2D eigenvalue weighted by Crippen LogP contribution is 2.18. The molecule has 1 fully saturated rings. The van der Waals surface area contributed by atoms with Gasteiger partial charge in [-0.2, -0.15) is 0 Å². The number of aryl methyl sites for hydroxylation is 1. The minimum atomic E-state index is -0.0145. The van der Waals surface area contributed by atoms with Crippen molar-refractivity contribution in [3.8, 4) is 0 Å². The van der Waals surface area contributed by atoms with Gasteiger partial charge in [-0.05, 0) is 18.6 Å². The molecule has 0 bridgehead atoms. The Morgan fingerprint density at radius 1 is 1.27 bits per heavy atom. The number of hydrogen-bond donors (Lipinski definition) is 1. The third-order valence-corrected chi connectivity index (χ3v) is 4.51. The maximum absolute atomic E-state index is 12.2. The van der Waals surface area contributed by atoms with Gasteiger partial charge in [0.2, 0.25) is 0 Å². The van der Waals surface area contributed by atoms with Gasteiger partial charge < -0.3 is 15.1 Å². The molecule has 3 rings (SSSR count). The Labute approximate surface area is 133 Å². The van der Waals surface area contributed by atoms with Crippen molar-refractivity contribution in [2.24, 2.45) is 0 Å². The second kappa shape index (κ2) is 6.74. The van der Waals surface area contributed by atoms with Crippen molar-refractivity contribution in [3.05, 3.63) is 41.2 Å². The van der Waals surface area contributed by atoms with Gasteiger partial charge in [-0.25, -0.2) is 9.78 Å². The monoisotopic (exact) mass is 317 g/mol. The zero-order chi connectivity index (χ0) is 15.4. The number of aromatic nitrogens is 2. The molecule has 0 unspecified atom stereocenters. The summed E-state index contributed by atoms with van der Waals surface area (Å²) < 4.78 is 0. The first-order valence-corrected chi connectivity index (χ1v) is 8.19. The summed E-state index contributed by atoms with van der Waals surface area (Å²) in [6.07, 6.45) is 3.62. The number of anilines is 1. The van der Waals surface area contributed by atoms with E-state index in [-0.39, 0.29) is 6.03 Å². The summed E-state index contributed by atoms with van der Waals surface area (Å²) in [5, 5.41) is 5.96. The number of pyridine rings is 1. The van der Waals surface area contributed by atoms with Crippen LogP contribution in [-0.4, -0.2) is 47.1 Å². The lowest BCUT2D eigenvalue weighted by Gasteiger charge is -2.34. The lowest BCUT2D eigenvalue weighted by Crippen LogP contribution is -2.51. The fourth-order valence-corrected chi connectivity index (χ4v) is 3.06. The molecule has 22 heavy (non-hydrogen) atoms. The predicted octanol–water partition coefficient (Wildman–Crippen LogP) is 1.88. The Bertz CT molecular complexity index is 605. The van der Waals surface area contributed by atoms with Gasteiger partial charge in [0.05, 0.1) is 0 Å². The number of thiazole rings is 1. The van der Waals surface area contributed by atoms with Crippen LogP contribution in [0.1, 0.15) is 11.3 Å². The molecule has 116 valence electrons. The summed E-state index contributed by atoms with van der Waals surface area (Å²) >= 11 is 1.64. The largest absolute Gasteiger partial charge is 0.345 e. The van der Waals surface area contributed by atoms with E-state index in [0.717, 1.165) is 42.6 Å². The van der Waals surface area contributed by atoms with Crippen LogP contribution in [0.2, 0.25) is 0 Å². The van der Waals surface area contributed by atoms with Gasteiger partial charge in [0.15, 0.2) is 5.13 Å². The molecular weight excluding hydrogens is 298 g/mol. The van der Waals surface area contributed by atoms with E-state index in [1.54, 1.807) is 17.5 Å². The van der Waals surface area contributed by atoms with Gasteiger partial charge in [0.25, 0.3) is 0 Å². The molecule has 0 aromatic carbocycles. The number of nitrogens with one attached hydrogen (secondary N) is 1.